The molecule has 0 saturated carbocycles. The molecule has 5 nitrogen and oxygen atoms in total. The van der Waals surface area contributed by atoms with Crippen molar-refractivity contribution in [1.29, 1.82) is 0 Å². The molecule has 0 fully saturated rings. The van der Waals surface area contributed by atoms with E-state index in [9.17, 15) is 0 Å². The van der Waals surface area contributed by atoms with Crippen molar-refractivity contribution in [2.24, 2.45) is 5.73 Å². The van der Waals surface area contributed by atoms with Gasteiger partial charge < -0.3 is 15.5 Å². The minimum atomic E-state index is -0.236. The van der Waals surface area contributed by atoms with Crippen molar-refractivity contribution in [2.75, 3.05) is 5.32 Å². The molecule has 6 heteroatoms. The van der Waals surface area contributed by atoms with Gasteiger partial charge in [-0.15, -0.1) is 16.4 Å². The number of rotatable bonds is 5. The molecule has 0 aliphatic rings. The van der Waals surface area contributed by atoms with Crippen LogP contribution in [0.4, 0.5) is 6.01 Å². The molecule has 0 bridgehead atoms. The van der Waals surface area contributed by atoms with Crippen LogP contribution in [0.2, 0.25) is 0 Å². The molecule has 17 heavy (non-hydrogen) atoms. The highest BCUT2D eigenvalue weighted by atomic mass is 32.1. The molecule has 0 aliphatic carbocycles. The van der Waals surface area contributed by atoms with E-state index in [4.69, 9.17) is 10.2 Å². The van der Waals surface area contributed by atoms with Crippen molar-refractivity contribution in [3.8, 4) is 0 Å². The zero-order chi connectivity index (χ0) is 12.3. The summed E-state index contributed by atoms with van der Waals surface area (Å²) in [6.45, 7) is 3.92. The number of nitrogens with two attached hydrogens (primary N) is 1. The fourth-order valence-electron chi connectivity index (χ4n) is 1.49. The number of nitrogens with zero attached hydrogens (tertiary/aromatic N) is 2. The van der Waals surface area contributed by atoms with Gasteiger partial charge in [-0.1, -0.05) is 18.1 Å². The SMILES string of the molecule is CCC(Nc1nnc(C(C)N)o1)c1cccs1. The lowest BCUT2D eigenvalue weighted by Crippen LogP contribution is -2.08. The molecule has 2 atom stereocenters. The first kappa shape index (κ1) is 12.1. The van der Waals surface area contributed by atoms with Gasteiger partial charge in [0.1, 0.15) is 0 Å². The summed E-state index contributed by atoms with van der Waals surface area (Å²) in [5, 5.41) is 13.1. The number of anilines is 1. The summed E-state index contributed by atoms with van der Waals surface area (Å²) >= 11 is 1.71. The van der Waals surface area contributed by atoms with Crippen LogP contribution < -0.4 is 11.1 Å². The van der Waals surface area contributed by atoms with Crippen LogP contribution in [-0.2, 0) is 0 Å². The van der Waals surface area contributed by atoms with E-state index in [0.717, 1.165) is 6.42 Å². The van der Waals surface area contributed by atoms with Crippen LogP contribution in [0.5, 0.6) is 0 Å². The average Bonchev–Trinajstić information content (AvgIpc) is 2.96. The molecule has 0 saturated heterocycles. The molecule has 2 unspecified atom stereocenters. The van der Waals surface area contributed by atoms with E-state index in [1.54, 1.807) is 11.3 Å². The summed E-state index contributed by atoms with van der Waals surface area (Å²) in [6, 6.07) is 4.52. The molecule has 0 aromatic carbocycles. The third kappa shape index (κ3) is 2.83. The van der Waals surface area contributed by atoms with Crippen molar-refractivity contribution >= 4 is 17.4 Å². The Hall–Kier alpha value is -1.40. The van der Waals surface area contributed by atoms with Crippen molar-refractivity contribution in [2.45, 2.75) is 32.4 Å². The smallest absolute Gasteiger partial charge is 0.316 e. The monoisotopic (exact) mass is 252 g/mol. The number of nitrogens with one attached hydrogen (secondary N) is 1. The van der Waals surface area contributed by atoms with Crippen LogP contribution in [0, 0.1) is 0 Å². The molecule has 2 rings (SSSR count). The molecule has 2 heterocycles. The van der Waals surface area contributed by atoms with Crippen LogP contribution in [0.25, 0.3) is 0 Å². The molecular formula is C11H16N4OS. The minimum Gasteiger partial charge on any atom is -0.406 e. The van der Waals surface area contributed by atoms with Gasteiger partial charge in [0.05, 0.1) is 12.1 Å². The Bertz CT molecular complexity index is 452. The van der Waals surface area contributed by atoms with Gasteiger partial charge in [-0.05, 0) is 24.8 Å². The fraction of sp³-hybridized carbons (Fsp3) is 0.455. The highest BCUT2D eigenvalue weighted by molar-refractivity contribution is 7.10. The van der Waals surface area contributed by atoms with E-state index < -0.39 is 0 Å². The molecule has 0 aliphatic heterocycles. The van der Waals surface area contributed by atoms with Gasteiger partial charge in [-0.2, -0.15) is 0 Å². The van der Waals surface area contributed by atoms with Gasteiger partial charge in [0.2, 0.25) is 5.89 Å². The maximum Gasteiger partial charge on any atom is 0.316 e. The van der Waals surface area contributed by atoms with Gasteiger partial charge in [-0.25, -0.2) is 0 Å². The van der Waals surface area contributed by atoms with E-state index in [0.29, 0.717) is 11.9 Å². The topological polar surface area (TPSA) is 77.0 Å². The predicted octanol–water partition coefficient (Wildman–Crippen LogP) is 2.71. The van der Waals surface area contributed by atoms with Crippen LogP contribution >= 0.6 is 11.3 Å². The van der Waals surface area contributed by atoms with Gasteiger partial charge in [0.15, 0.2) is 0 Å². The molecule has 0 amide bonds. The summed E-state index contributed by atoms with van der Waals surface area (Å²) in [4.78, 5) is 1.26. The molecule has 0 radical (unpaired) electrons. The molecule has 2 aromatic rings. The quantitative estimate of drug-likeness (QED) is 0.855. The van der Waals surface area contributed by atoms with Crippen molar-refractivity contribution in [3.63, 3.8) is 0 Å². The van der Waals surface area contributed by atoms with Crippen LogP contribution in [0.3, 0.4) is 0 Å². The Balaban J connectivity index is 2.08. The summed E-state index contributed by atoms with van der Waals surface area (Å²) in [5.74, 6) is 0.452. The lowest BCUT2D eigenvalue weighted by atomic mass is 10.2. The average molecular weight is 252 g/mol. The van der Waals surface area contributed by atoms with E-state index in [1.165, 1.54) is 4.88 Å². The standard InChI is InChI=1S/C11H16N4OS/c1-3-8(9-5-4-6-17-9)13-11-15-14-10(16-11)7(2)12/h4-8H,3,12H2,1-2H3,(H,13,15). The summed E-state index contributed by atoms with van der Waals surface area (Å²) in [7, 11) is 0. The molecule has 92 valence electrons. The number of hydrogen-bond donors (Lipinski definition) is 2. The first-order chi connectivity index (χ1) is 8.20. The predicted molar refractivity (Wildman–Crippen MR) is 67.9 cm³/mol. The second-order valence-electron chi connectivity index (χ2n) is 3.85. The van der Waals surface area contributed by atoms with E-state index in [1.807, 2.05) is 13.0 Å². The van der Waals surface area contributed by atoms with E-state index in [-0.39, 0.29) is 12.1 Å². The highest BCUT2D eigenvalue weighted by Crippen LogP contribution is 2.25. The first-order valence-electron chi connectivity index (χ1n) is 5.59. The van der Waals surface area contributed by atoms with Crippen LogP contribution in [-0.4, -0.2) is 10.2 Å². The Morgan fingerprint density at radius 2 is 2.35 bits per heavy atom. The molecule has 3 N–H and O–H groups in total. The Kier molecular flexibility index (Phi) is 3.75. The first-order valence-corrected chi connectivity index (χ1v) is 6.47. The normalized spacial score (nSPS) is 14.5. The highest BCUT2D eigenvalue weighted by Gasteiger charge is 2.15. The largest absolute Gasteiger partial charge is 0.406 e. The maximum atomic E-state index is 5.66. The van der Waals surface area contributed by atoms with Crippen molar-refractivity contribution in [1.82, 2.24) is 10.2 Å². The molecule has 2 aromatic heterocycles. The van der Waals surface area contributed by atoms with Crippen LogP contribution in [0.15, 0.2) is 21.9 Å². The summed E-state index contributed by atoms with van der Waals surface area (Å²) in [6.07, 6.45) is 0.955. The third-order valence-corrected chi connectivity index (χ3v) is 3.41. The van der Waals surface area contributed by atoms with Gasteiger partial charge in [0.25, 0.3) is 0 Å². The van der Waals surface area contributed by atoms with E-state index >= 15 is 0 Å². The Labute approximate surface area is 104 Å². The second kappa shape index (κ2) is 5.29. The fourth-order valence-corrected chi connectivity index (χ4v) is 2.35. The molecular weight excluding hydrogens is 236 g/mol. The second-order valence-corrected chi connectivity index (χ2v) is 4.83. The van der Waals surface area contributed by atoms with Gasteiger partial charge >= 0.3 is 6.01 Å². The van der Waals surface area contributed by atoms with Crippen molar-refractivity contribution < 1.29 is 4.42 Å². The zero-order valence-electron chi connectivity index (χ0n) is 9.88. The Morgan fingerprint density at radius 1 is 1.53 bits per heavy atom. The van der Waals surface area contributed by atoms with Gasteiger partial charge in [-0.3, -0.25) is 0 Å². The van der Waals surface area contributed by atoms with Crippen LogP contribution in [0.1, 0.15) is 43.1 Å². The maximum absolute atomic E-state index is 5.66. The van der Waals surface area contributed by atoms with Gasteiger partial charge in [0, 0.05) is 4.88 Å². The number of aromatic nitrogens is 2. The molecule has 0 spiro atoms. The van der Waals surface area contributed by atoms with E-state index in [2.05, 4.69) is 33.9 Å². The number of thiophene rings is 1. The minimum absolute atomic E-state index is 0.205. The summed E-state index contributed by atoms with van der Waals surface area (Å²) < 4.78 is 5.42. The Morgan fingerprint density at radius 3 is 2.88 bits per heavy atom. The third-order valence-electron chi connectivity index (χ3n) is 2.42. The summed E-state index contributed by atoms with van der Waals surface area (Å²) in [5.41, 5.74) is 5.66. The lowest BCUT2D eigenvalue weighted by molar-refractivity contribution is 0.468. The zero-order valence-corrected chi connectivity index (χ0v) is 10.7. The lowest BCUT2D eigenvalue weighted by Gasteiger charge is -2.12. The van der Waals surface area contributed by atoms with Crippen molar-refractivity contribution in [3.05, 3.63) is 28.3 Å². The number of hydrogen-bond acceptors (Lipinski definition) is 6.